The summed E-state index contributed by atoms with van der Waals surface area (Å²) in [7, 11) is 0. The molecular formula is C12H19NO4. The summed E-state index contributed by atoms with van der Waals surface area (Å²) in [5.41, 5.74) is 1.11. The molecule has 5 nitrogen and oxygen atoms in total. The van der Waals surface area contributed by atoms with Crippen molar-refractivity contribution < 1.29 is 20.4 Å². The lowest BCUT2D eigenvalue weighted by atomic mass is 10.1. The lowest BCUT2D eigenvalue weighted by Gasteiger charge is -2.21. The Labute approximate surface area is 101 Å². The van der Waals surface area contributed by atoms with Crippen molar-refractivity contribution in [3.05, 3.63) is 23.3 Å². The molecule has 0 aliphatic rings. The first-order chi connectivity index (χ1) is 8.10. The molecule has 0 aliphatic carbocycles. The molecule has 1 aromatic rings. The fraction of sp³-hybridized carbons (Fsp3) is 0.500. The zero-order valence-electron chi connectivity index (χ0n) is 9.93. The van der Waals surface area contributed by atoms with Crippen LogP contribution in [0.2, 0.25) is 0 Å². The maximum Gasteiger partial charge on any atom is 0.126 e. The summed E-state index contributed by atoms with van der Waals surface area (Å²) in [6, 6.07) is 3.17. The fourth-order valence-electron chi connectivity index (χ4n) is 1.67. The van der Waals surface area contributed by atoms with Crippen molar-refractivity contribution in [1.29, 1.82) is 0 Å². The normalized spacial score (nSPS) is 11.1. The van der Waals surface area contributed by atoms with Gasteiger partial charge < -0.3 is 20.4 Å². The number of nitrogens with zero attached hydrogens (tertiary/aromatic N) is 1. The number of phenols is 2. The molecule has 1 rings (SSSR count). The van der Waals surface area contributed by atoms with Gasteiger partial charge in [-0.05, 0) is 13.0 Å². The van der Waals surface area contributed by atoms with E-state index in [2.05, 4.69) is 0 Å². The van der Waals surface area contributed by atoms with Gasteiger partial charge in [-0.25, -0.2) is 0 Å². The molecule has 0 spiro atoms. The third-order valence-corrected chi connectivity index (χ3v) is 2.71. The Kier molecular flexibility index (Phi) is 5.21. The smallest absolute Gasteiger partial charge is 0.126 e. The van der Waals surface area contributed by atoms with Gasteiger partial charge in [0, 0.05) is 30.8 Å². The Bertz CT molecular complexity index is 362. The van der Waals surface area contributed by atoms with E-state index >= 15 is 0 Å². The van der Waals surface area contributed by atoms with Crippen LogP contribution in [-0.4, -0.2) is 51.6 Å². The summed E-state index contributed by atoms with van der Waals surface area (Å²) < 4.78 is 0. The number of aromatic hydroxyl groups is 2. The summed E-state index contributed by atoms with van der Waals surface area (Å²) in [6.45, 7) is 2.92. The van der Waals surface area contributed by atoms with Crippen LogP contribution in [0.15, 0.2) is 12.1 Å². The lowest BCUT2D eigenvalue weighted by Crippen LogP contribution is -2.29. The molecule has 17 heavy (non-hydrogen) atoms. The predicted octanol–water partition coefficient (Wildman–Crippen LogP) is 0.193. The highest BCUT2D eigenvalue weighted by Crippen LogP contribution is 2.30. The first-order valence-electron chi connectivity index (χ1n) is 5.54. The molecule has 0 saturated heterocycles. The van der Waals surface area contributed by atoms with Crippen LogP contribution < -0.4 is 0 Å². The van der Waals surface area contributed by atoms with E-state index in [1.165, 1.54) is 6.07 Å². The van der Waals surface area contributed by atoms with E-state index in [-0.39, 0.29) is 24.7 Å². The topological polar surface area (TPSA) is 84.2 Å². The summed E-state index contributed by atoms with van der Waals surface area (Å²) >= 11 is 0. The molecule has 96 valence electrons. The van der Waals surface area contributed by atoms with E-state index in [1.807, 2.05) is 4.90 Å². The largest absolute Gasteiger partial charge is 0.508 e. The molecule has 1 aromatic carbocycles. The monoisotopic (exact) mass is 241 g/mol. The molecule has 0 bridgehead atoms. The molecule has 5 heteroatoms. The molecule has 0 radical (unpaired) electrons. The van der Waals surface area contributed by atoms with Crippen molar-refractivity contribution in [1.82, 2.24) is 4.90 Å². The fourth-order valence-corrected chi connectivity index (χ4v) is 1.67. The summed E-state index contributed by atoms with van der Waals surface area (Å²) in [5.74, 6) is 0.119. The Hall–Kier alpha value is -1.30. The lowest BCUT2D eigenvalue weighted by molar-refractivity contribution is 0.155. The first-order valence-corrected chi connectivity index (χ1v) is 5.54. The van der Waals surface area contributed by atoms with Crippen LogP contribution in [0, 0.1) is 6.92 Å². The Morgan fingerprint density at radius 3 is 2.18 bits per heavy atom. The minimum Gasteiger partial charge on any atom is -0.508 e. The molecule has 0 aliphatic heterocycles. The van der Waals surface area contributed by atoms with Gasteiger partial charge in [0.15, 0.2) is 0 Å². The van der Waals surface area contributed by atoms with Crippen molar-refractivity contribution in [2.75, 3.05) is 26.3 Å². The number of hydrogen-bond donors (Lipinski definition) is 4. The van der Waals surface area contributed by atoms with E-state index in [0.717, 1.165) is 0 Å². The second-order valence-corrected chi connectivity index (χ2v) is 3.94. The SMILES string of the molecule is Cc1c(O)ccc(CN(CCO)CCO)c1O. The van der Waals surface area contributed by atoms with Gasteiger partial charge in [-0.1, -0.05) is 6.07 Å². The molecule has 0 aromatic heterocycles. The van der Waals surface area contributed by atoms with E-state index in [4.69, 9.17) is 10.2 Å². The average Bonchev–Trinajstić information content (AvgIpc) is 2.30. The maximum absolute atomic E-state index is 9.85. The van der Waals surface area contributed by atoms with Gasteiger partial charge in [-0.2, -0.15) is 0 Å². The molecule has 0 saturated carbocycles. The molecule has 0 amide bonds. The average molecular weight is 241 g/mol. The van der Waals surface area contributed by atoms with Crippen LogP contribution in [0.5, 0.6) is 11.5 Å². The van der Waals surface area contributed by atoms with Crippen LogP contribution in [0.3, 0.4) is 0 Å². The highest BCUT2D eigenvalue weighted by molar-refractivity contribution is 5.47. The molecule has 0 fully saturated rings. The van der Waals surface area contributed by atoms with Crippen molar-refractivity contribution in [3.63, 3.8) is 0 Å². The van der Waals surface area contributed by atoms with Gasteiger partial charge in [-0.15, -0.1) is 0 Å². The predicted molar refractivity (Wildman–Crippen MR) is 64.0 cm³/mol. The molecule has 0 atom stereocenters. The van der Waals surface area contributed by atoms with Crippen molar-refractivity contribution >= 4 is 0 Å². The minimum absolute atomic E-state index is 0.00216. The Balaban J connectivity index is 2.82. The van der Waals surface area contributed by atoms with Gasteiger partial charge in [0.25, 0.3) is 0 Å². The number of phenolic OH excluding ortho intramolecular Hbond substituents is 2. The maximum atomic E-state index is 9.85. The standard InChI is InChI=1S/C12H19NO4/c1-9-11(16)3-2-10(12(9)17)8-13(4-6-14)5-7-15/h2-3,14-17H,4-8H2,1H3. The number of aliphatic hydroxyl groups excluding tert-OH is 2. The third kappa shape index (κ3) is 3.59. The van der Waals surface area contributed by atoms with Gasteiger partial charge in [-0.3, -0.25) is 4.90 Å². The molecule has 0 heterocycles. The zero-order valence-corrected chi connectivity index (χ0v) is 9.93. The highest BCUT2D eigenvalue weighted by atomic mass is 16.3. The Morgan fingerprint density at radius 2 is 1.65 bits per heavy atom. The number of benzene rings is 1. The summed E-state index contributed by atoms with van der Waals surface area (Å²) in [4.78, 5) is 1.82. The van der Waals surface area contributed by atoms with Crippen LogP contribution >= 0.6 is 0 Å². The number of rotatable bonds is 6. The van der Waals surface area contributed by atoms with Crippen LogP contribution in [0.25, 0.3) is 0 Å². The molecular weight excluding hydrogens is 222 g/mol. The Morgan fingerprint density at radius 1 is 1.06 bits per heavy atom. The summed E-state index contributed by atoms with van der Waals surface area (Å²) in [5, 5.41) is 37.0. The van der Waals surface area contributed by atoms with E-state index in [9.17, 15) is 10.2 Å². The van der Waals surface area contributed by atoms with Crippen molar-refractivity contribution in [2.45, 2.75) is 13.5 Å². The van der Waals surface area contributed by atoms with Crippen molar-refractivity contribution in [2.24, 2.45) is 0 Å². The summed E-state index contributed by atoms with van der Waals surface area (Å²) in [6.07, 6.45) is 0. The van der Waals surface area contributed by atoms with Crippen molar-refractivity contribution in [3.8, 4) is 11.5 Å². The van der Waals surface area contributed by atoms with E-state index in [0.29, 0.717) is 30.8 Å². The van der Waals surface area contributed by atoms with Gasteiger partial charge in [0.2, 0.25) is 0 Å². The van der Waals surface area contributed by atoms with Crippen LogP contribution in [-0.2, 0) is 6.54 Å². The number of hydrogen-bond acceptors (Lipinski definition) is 5. The first kappa shape index (κ1) is 13.8. The molecule has 4 N–H and O–H groups in total. The zero-order chi connectivity index (χ0) is 12.8. The van der Waals surface area contributed by atoms with Gasteiger partial charge in [0.05, 0.1) is 13.2 Å². The third-order valence-electron chi connectivity index (χ3n) is 2.71. The van der Waals surface area contributed by atoms with Crippen LogP contribution in [0.1, 0.15) is 11.1 Å². The van der Waals surface area contributed by atoms with Crippen LogP contribution in [0.4, 0.5) is 0 Å². The van der Waals surface area contributed by atoms with Gasteiger partial charge in [0.1, 0.15) is 11.5 Å². The second kappa shape index (κ2) is 6.44. The van der Waals surface area contributed by atoms with E-state index in [1.54, 1.807) is 13.0 Å². The quantitative estimate of drug-likeness (QED) is 0.571. The van der Waals surface area contributed by atoms with E-state index < -0.39 is 0 Å². The number of aliphatic hydroxyl groups is 2. The second-order valence-electron chi connectivity index (χ2n) is 3.94. The minimum atomic E-state index is -0.00216. The molecule has 0 unspecified atom stereocenters. The van der Waals surface area contributed by atoms with Gasteiger partial charge >= 0.3 is 0 Å². The highest BCUT2D eigenvalue weighted by Gasteiger charge is 2.11.